The molecule has 0 unspecified atom stereocenters. The number of aliphatic hydroxyl groups is 1. The molecule has 0 aromatic heterocycles. The van der Waals surface area contributed by atoms with E-state index in [0.29, 0.717) is 42.2 Å². The van der Waals surface area contributed by atoms with Crippen molar-refractivity contribution >= 4 is 17.4 Å². The van der Waals surface area contributed by atoms with Crippen LogP contribution in [0.2, 0.25) is 0 Å². The van der Waals surface area contributed by atoms with E-state index in [1.165, 1.54) is 19.1 Å². The van der Waals surface area contributed by atoms with Crippen molar-refractivity contribution in [1.29, 1.82) is 0 Å². The molecule has 158 valence electrons. The molecule has 1 amide bonds. The number of methoxy groups -OCH3 is 3. The van der Waals surface area contributed by atoms with Crippen molar-refractivity contribution in [3.8, 4) is 11.5 Å². The highest BCUT2D eigenvalue weighted by Gasteiger charge is 2.46. The van der Waals surface area contributed by atoms with Gasteiger partial charge in [-0.1, -0.05) is 36.4 Å². The average Bonchev–Trinajstić information content (AvgIpc) is 3.03. The van der Waals surface area contributed by atoms with Crippen LogP contribution in [-0.4, -0.2) is 56.2 Å². The summed E-state index contributed by atoms with van der Waals surface area (Å²) in [6.07, 6.45) is 0.554. The van der Waals surface area contributed by atoms with Gasteiger partial charge in [-0.2, -0.15) is 0 Å². The number of carbonyl (C=O) groups is 2. The second-order valence-electron chi connectivity index (χ2n) is 6.82. The predicted molar refractivity (Wildman–Crippen MR) is 111 cm³/mol. The third-order valence-electron chi connectivity index (χ3n) is 5.06. The van der Waals surface area contributed by atoms with Gasteiger partial charge in [0, 0.05) is 25.8 Å². The number of rotatable bonds is 8. The third kappa shape index (κ3) is 4.02. The molecule has 0 radical (unpaired) electrons. The number of benzene rings is 2. The molecule has 0 spiro atoms. The van der Waals surface area contributed by atoms with Crippen LogP contribution in [0.25, 0.3) is 5.76 Å². The molecule has 0 saturated carbocycles. The van der Waals surface area contributed by atoms with Crippen LogP contribution < -0.4 is 9.47 Å². The standard InChI is InChI=1S/C23H25NO6/c1-28-13-7-12-24-20(16-10-11-17(29-2)18(14-16)30-3)19(22(26)23(24)27)21(25)15-8-5-4-6-9-15/h4-6,8-11,14,20,25H,7,12-13H2,1-3H3/t20-/m1/s1. The van der Waals surface area contributed by atoms with Gasteiger partial charge in [-0.25, -0.2) is 0 Å². The van der Waals surface area contributed by atoms with Gasteiger partial charge in [-0.3, -0.25) is 9.59 Å². The predicted octanol–water partition coefficient (Wildman–Crippen LogP) is 3.16. The van der Waals surface area contributed by atoms with Crippen molar-refractivity contribution in [3.05, 3.63) is 65.2 Å². The SMILES string of the molecule is COCCCN1C(=O)C(=O)C(=C(O)c2ccccc2)[C@H]1c1ccc(OC)c(OC)c1. The minimum atomic E-state index is -0.748. The number of likely N-dealkylation sites (tertiary alicyclic amines) is 1. The van der Waals surface area contributed by atoms with Crippen molar-refractivity contribution in [1.82, 2.24) is 4.90 Å². The number of ketones is 1. The maximum Gasteiger partial charge on any atom is 0.295 e. The number of nitrogens with zero attached hydrogens (tertiary/aromatic N) is 1. The quantitative estimate of drug-likeness (QED) is 0.311. The van der Waals surface area contributed by atoms with E-state index in [1.807, 2.05) is 6.07 Å². The van der Waals surface area contributed by atoms with E-state index in [1.54, 1.807) is 49.6 Å². The van der Waals surface area contributed by atoms with Crippen molar-refractivity contribution in [2.45, 2.75) is 12.5 Å². The molecule has 30 heavy (non-hydrogen) atoms. The molecule has 0 aliphatic carbocycles. The molecule has 1 N–H and O–H groups in total. The Kier molecular flexibility index (Phi) is 6.74. The van der Waals surface area contributed by atoms with Crippen LogP contribution in [0.3, 0.4) is 0 Å². The van der Waals surface area contributed by atoms with Gasteiger partial charge in [0.1, 0.15) is 5.76 Å². The average molecular weight is 411 g/mol. The maximum absolute atomic E-state index is 12.9. The Labute approximate surface area is 175 Å². The van der Waals surface area contributed by atoms with Crippen LogP contribution in [0.5, 0.6) is 11.5 Å². The van der Waals surface area contributed by atoms with Gasteiger partial charge in [-0.15, -0.1) is 0 Å². The first-order chi connectivity index (χ1) is 14.5. The summed E-state index contributed by atoms with van der Waals surface area (Å²) in [5.41, 5.74) is 1.16. The van der Waals surface area contributed by atoms with Crippen LogP contribution in [-0.2, 0) is 14.3 Å². The number of ether oxygens (including phenoxy) is 3. The van der Waals surface area contributed by atoms with E-state index in [9.17, 15) is 14.7 Å². The fourth-order valence-corrected chi connectivity index (χ4v) is 3.61. The lowest BCUT2D eigenvalue weighted by Gasteiger charge is -2.26. The van der Waals surface area contributed by atoms with Crippen molar-refractivity contribution in [3.63, 3.8) is 0 Å². The fraction of sp³-hybridized carbons (Fsp3) is 0.304. The first-order valence-corrected chi connectivity index (χ1v) is 9.58. The molecule has 3 rings (SSSR count). The summed E-state index contributed by atoms with van der Waals surface area (Å²) in [4.78, 5) is 27.2. The van der Waals surface area contributed by atoms with Crippen LogP contribution in [0.15, 0.2) is 54.1 Å². The highest BCUT2D eigenvalue weighted by atomic mass is 16.5. The molecular weight excluding hydrogens is 386 g/mol. The molecule has 2 aromatic rings. The maximum atomic E-state index is 12.9. The number of amides is 1. The van der Waals surface area contributed by atoms with E-state index in [-0.39, 0.29) is 11.3 Å². The Morgan fingerprint density at radius 1 is 1.00 bits per heavy atom. The summed E-state index contributed by atoms with van der Waals surface area (Å²) in [7, 11) is 4.63. The molecule has 1 atom stereocenters. The molecule has 1 heterocycles. The zero-order valence-electron chi connectivity index (χ0n) is 17.3. The largest absolute Gasteiger partial charge is 0.507 e. The second kappa shape index (κ2) is 9.45. The number of aliphatic hydroxyl groups excluding tert-OH is 1. The van der Waals surface area contributed by atoms with Gasteiger partial charge in [0.25, 0.3) is 11.7 Å². The molecule has 7 nitrogen and oxygen atoms in total. The Morgan fingerprint density at radius 3 is 2.33 bits per heavy atom. The number of hydrogen-bond acceptors (Lipinski definition) is 6. The molecule has 1 aliphatic heterocycles. The molecule has 2 aromatic carbocycles. The fourth-order valence-electron chi connectivity index (χ4n) is 3.61. The zero-order chi connectivity index (χ0) is 21.7. The molecular formula is C23H25NO6. The summed E-state index contributed by atoms with van der Waals surface area (Å²) in [5, 5.41) is 11.0. The highest BCUT2D eigenvalue weighted by Crippen LogP contribution is 2.41. The van der Waals surface area contributed by atoms with E-state index >= 15 is 0 Å². The Hall–Kier alpha value is -3.32. The summed E-state index contributed by atoms with van der Waals surface area (Å²) in [6, 6.07) is 13.2. The number of Topliss-reactive ketones (excluding diaryl/α,β-unsaturated/α-hetero) is 1. The van der Waals surface area contributed by atoms with Crippen LogP contribution in [0, 0.1) is 0 Å². The van der Waals surface area contributed by atoms with Crippen LogP contribution in [0.4, 0.5) is 0 Å². The van der Waals surface area contributed by atoms with Crippen LogP contribution in [0.1, 0.15) is 23.6 Å². The minimum Gasteiger partial charge on any atom is -0.507 e. The van der Waals surface area contributed by atoms with Gasteiger partial charge in [0.05, 0.1) is 25.8 Å². The second-order valence-corrected chi connectivity index (χ2v) is 6.82. The first kappa shape index (κ1) is 21.4. The summed E-state index contributed by atoms with van der Waals surface area (Å²) in [6.45, 7) is 0.753. The summed E-state index contributed by atoms with van der Waals surface area (Å²) in [5.74, 6) is -0.572. The Balaban J connectivity index is 2.15. The van der Waals surface area contributed by atoms with Crippen molar-refractivity contribution < 1.29 is 28.9 Å². The molecule has 1 aliphatic rings. The molecule has 1 fully saturated rings. The minimum absolute atomic E-state index is 0.0517. The Morgan fingerprint density at radius 2 is 1.70 bits per heavy atom. The summed E-state index contributed by atoms with van der Waals surface area (Å²) >= 11 is 0. The van der Waals surface area contributed by atoms with Gasteiger partial charge in [0.15, 0.2) is 11.5 Å². The molecule has 0 bridgehead atoms. The van der Waals surface area contributed by atoms with E-state index in [2.05, 4.69) is 0 Å². The van der Waals surface area contributed by atoms with Gasteiger partial charge in [-0.05, 0) is 24.1 Å². The highest BCUT2D eigenvalue weighted by molar-refractivity contribution is 6.46. The summed E-state index contributed by atoms with van der Waals surface area (Å²) < 4.78 is 15.8. The van der Waals surface area contributed by atoms with Crippen LogP contribution >= 0.6 is 0 Å². The van der Waals surface area contributed by atoms with E-state index in [4.69, 9.17) is 14.2 Å². The normalized spacial score (nSPS) is 18.0. The smallest absolute Gasteiger partial charge is 0.295 e. The monoisotopic (exact) mass is 411 g/mol. The lowest BCUT2D eigenvalue weighted by atomic mass is 9.95. The van der Waals surface area contributed by atoms with Gasteiger partial charge < -0.3 is 24.2 Å². The lowest BCUT2D eigenvalue weighted by molar-refractivity contribution is -0.140. The number of hydrogen-bond donors (Lipinski definition) is 1. The zero-order valence-corrected chi connectivity index (χ0v) is 17.3. The molecule has 1 saturated heterocycles. The topological polar surface area (TPSA) is 85.3 Å². The number of carbonyl (C=O) groups excluding carboxylic acids is 2. The lowest BCUT2D eigenvalue weighted by Crippen LogP contribution is -2.31. The molecule has 7 heteroatoms. The van der Waals surface area contributed by atoms with Crippen molar-refractivity contribution in [2.24, 2.45) is 0 Å². The van der Waals surface area contributed by atoms with Crippen molar-refractivity contribution in [2.75, 3.05) is 34.5 Å². The van der Waals surface area contributed by atoms with E-state index < -0.39 is 17.7 Å². The van der Waals surface area contributed by atoms with Gasteiger partial charge in [0.2, 0.25) is 0 Å². The van der Waals surface area contributed by atoms with E-state index in [0.717, 1.165) is 0 Å². The third-order valence-corrected chi connectivity index (χ3v) is 5.06. The van der Waals surface area contributed by atoms with Gasteiger partial charge >= 0.3 is 0 Å². The first-order valence-electron chi connectivity index (χ1n) is 9.58. The Bertz CT molecular complexity index is 953.